The second kappa shape index (κ2) is 8.77. The number of morpholine rings is 2. The lowest BCUT2D eigenvalue weighted by Gasteiger charge is -2.30. The van der Waals surface area contributed by atoms with Gasteiger partial charge in [-0.3, -0.25) is 14.4 Å². The van der Waals surface area contributed by atoms with Crippen LogP contribution in [0.1, 0.15) is 18.9 Å². The van der Waals surface area contributed by atoms with Gasteiger partial charge in [0.25, 0.3) is 11.8 Å². The number of hydrogen-bond donors (Lipinski definition) is 2. The molecule has 1 aromatic carbocycles. The molecule has 32 heavy (non-hydrogen) atoms. The molecule has 0 radical (unpaired) electrons. The summed E-state index contributed by atoms with van der Waals surface area (Å²) in [4.78, 5) is 40.2. The van der Waals surface area contributed by atoms with Crippen molar-refractivity contribution >= 4 is 33.4 Å². The highest BCUT2D eigenvalue weighted by Gasteiger charge is 2.45. The van der Waals surface area contributed by atoms with Crippen LogP contribution in [-0.2, 0) is 40.3 Å². The Bertz CT molecular complexity index is 1040. The van der Waals surface area contributed by atoms with Crippen LogP contribution >= 0.6 is 0 Å². The number of fused-ring (bicyclic) bond motifs is 2. The lowest BCUT2D eigenvalue weighted by Crippen LogP contribution is -2.57. The molecule has 3 N–H and O–H groups in total. The van der Waals surface area contributed by atoms with E-state index in [1.165, 1.54) is 21.9 Å². The van der Waals surface area contributed by atoms with Gasteiger partial charge in [-0.05, 0) is 30.5 Å². The molecule has 0 aliphatic carbocycles. The average molecular weight is 467 g/mol. The van der Waals surface area contributed by atoms with Crippen molar-refractivity contribution in [2.75, 3.05) is 37.8 Å². The average Bonchev–Trinajstić information content (AvgIpc) is 3.40. The third-order valence-corrected chi connectivity index (χ3v) is 7.52. The second-order valence-corrected chi connectivity index (χ2v) is 9.68. The van der Waals surface area contributed by atoms with E-state index in [2.05, 4.69) is 4.72 Å². The molecule has 3 heterocycles. The minimum atomic E-state index is -4.31. The first-order valence-corrected chi connectivity index (χ1v) is 11.9. The van der Waals surface area contributed by atoms with Crippen LogP contribution < -0.4 is 15.4 Å². The standard InChI is InChI=1S/C20H26N4O7S/c1-2-14-15(23-6-7-30-11-17(23)25)4-3-5-16(14)32(28,29)22-18(19(21)26)20(27)24-9-13-8-12(24)10-31-13/h3-5,12-13,18,22H,2,6-11H2,1H3,(H2,21,26)/t12-,13-,18-/m0/s1. The van der Waals surface area contributed by atoms with Crippen molar-refractivity contribution < 1.29 is 32.3 Å². The molecule has 4 rings (SSSR count). The van der Waals surface area contributed by atoms with Gasteiger partial charge in [-0.15, -0.1) is 0 Å². The maximum absolute atomic E-state index is 13.3. The summed E-state index contributed by atoms with van der Waals surface area (Å²) in [7, 11) is -4.31. The molecule has 174 valence electrons. The maximum Gasteiger partial charge on any atom is 0.253 e. The summed E-state index contributed by atoms with van der Waals surface area (Å²) in [5, 5.41) is 0. The van der Waals surface area contributed by atoms with Crippen LogP contribution in [0.15, 0.2) is 23.1 Å². The van der Waals surface area contributed by atoms with Crippen molar-refractivity contribution in [3.8, 4) is 0 Å². The first-order chi connectivity index (χ1) is 15.2. The second-order valence-electron chi connectivity index (χ2n) is 8.00. The molecule has 12 heteroatoms. The van der Waals surface area contributed by atoms with E-state index in [1.54, 1.807) is 13.0 Å². The van der Waals surface area contributed by atoms with Crippen LogP contribution in [-0.4, -0.2) is 82.1 Å². The number of amides is 3. The number of nitrogens with two attached hydrogens (primary N) is 1. The summed E-state index contributed by atoms with van der Waals surface area (Å²) < 4.78 is 39.4. The van der Waals surface area contributed by atoms with Gasteiger partial charge in [-0.2, -0.15) is 4.72 Å². The molecule has 0 unspecified atom stereocenters. The predicted molar refractivity (Wildman–Crippen MR) is 112 cm³/mol. The lowest BCUT2D eigenvalue weighted by atomic mass is 10.1. The van der Waals surface area contributed by atoms with Gasteiger partial charge in [-0.1, -0.05) is 13.0 Å². The Morgan fingerprint density at radius 2 is 2.12 bits per heavy atom. The van der Waals surface area contributed by atoms with Crippen molar-refractivity contribution in [1.82, 2.24) is 9.62 Å². The number of carbonyl (C=O) groups is 3. The summed E-state index contributed by atoms with van der Waals surface area (Å²) in [6.07, 6.45) is 0.850. The van der Waals surface area contributed by atoms with E-state index in [0.29, 0.717) is 50.4 Å². The monoisotopic (exact) mass is 466 g/mol. The fraction of sp³-hybridized carbons (Fsp3) is 0.550. The number of sulfonamides is 1. The van der Waals surface area contributed by atoms with Gasteiger partial charge >= 0.3 is 0 Å². The zero-order chi connectivity index (χ0) is 23.0. The number of hydrogen-bond acceptors (Lipinski definition) is 7. The zero-order valence-electron chi connectivity index (χ0n) is 17.7. The number of anilines is 1. The van der Waals surface area contributed by atoms with Gasteiger partial charge in [0.1, 0.15) is 6.61 Å². The molecule has 2 bridgehead atoms. The number of rotatable bonds is 7. The van der Waals surface area contributed by atoms with Gasteiger partial charge in [0.05, 0.1) is 30.3 Å². The van der Waals surface area contributed by atoms with Gasteiger partial charge in [0.2, 0.25) is 15.9 Å². The van der Waals surface area contributed by atoms with Crippen LogP contribution in [0.2, 0.25) is 0 Å². The highest BCUT2D eigenvalue weighted by Crippen LogP contribution is 2.30. The SMILES string of the molecule is CCc1c(N2CCOCC2=O)cccc1S(=O)(=O)N[C@@H](C(N)=O)C(=O)N1C[C@@H]2C[C@H]1CO2. The molecule has 3 amide bonds. The van der Waals surface area contributed by atoms with E-state index in [9.17, 15) is 22.8 Å². The number of ether oxygens (including phenoxy) is 2. The summed E-state index contributed by atoms with van der Waals surface area (Å²) in [5.74, 6) is -2.04. The number of benzene rings is 1. The highest BCUT2D eigenvalue weighted by atomic mass is 32.2. The van der Waals surface area contributed by atoms with Crippen molar-refractivity contribution in [3.05, 3.63) is 23.8 Å². The molecule has 0 aromatic heterocycles. The van der Waals surface area contributed by atoms with Gasteiger partial charge < -0.3 is 25.0 Å². The minimum Gasteiger partial charge on any atom is -0.374 e. The van der Waals surface area contributed by atoms with Crippen molar-refractivity contribution in [2.45, 2.75) is 42.8 Å². The normalized spacial score (nSPS) is 24.1. The first-order valence-electron chi connectivity index (χ1n) is 10.5. The molecule has 0 saturated carbocycles. The molecule has 3 fully saturated rings. The Morgan fingerprint density at radius 1 is 1.34 bits per heavy atom. The Morgan fingerprint density at radius 3 is 2.72 bits per heavy atom. The third-order valence-electron chi connectivity index (χ3n) is 6.02. The number of nitrogens with one attached hydrogen (secondary N) is 1. The van der Waals surface area contributed by atoms with E-state index in [4.69, 9.17) is 15.2 Å². The Hall–Kier alpha value is -2.54. The van der Waals surface area contributed by atoms with Crippen molar-refractivity contribution in [2.24, 2.45) is 5.73 Å². The molecule has 3 atom stereocenters. The minimum absolute atomic E-state index is 0.0850. The Kier molecular flexibility index (Phi) is 6.21. The molecular weight excluding hydrogens is 440 g/mol. The van der Waals surface area contributed by atoms with E-state index < -0.39 is 27.9 Å². The molecule has 3 saturated heterocycles. The Balaban J connectivity index is 1.63. The molecule has 3 aliphatic rings. The van der Waals surface area contributed by atoms with Crippen molar-refractivity contribution in [1.29, 1.82) is 0 Å². The maximum atomic E-state index is 13.3. The lowest BCUT2D eigenvalue weighted by molar-refractivity contribution is -0.141. The number of carbonyl (C=O) groups excluding carboxylic acids is 3. The van der Waals surface area contributed by atoms with Crippen LogP contribution in [0.5, 0.6) is 0 Å². The molecular formula is C20H26N4O7S. The van der Waals surface area contributed by atoms with Crippen LogP contribution in [0.25, 0.3) is 0 Å². The molecule has 11 nitrogen and oxygen atoms in total. The van der Waals surface area contributed by atoms with Crippen LogP contribution in [0.3, 0.4) is 0 Å². The number of likely N-dealkylation sites (tertiary alicyclic amines) is 1. The summed E-state index contributed by atoms with van der Waals surface area (Å²) in [6.45, 7) is 2.96. The topological polar surface area (TPSA) is 148 Å². The highest BCUT2D eigenvalue weighted by molar-refractivity contribution is 7.89. The van der Waals surface area contributed by atoms with Crippen LogP contribution in [0, 0.1) is 0 Å². The van der Waals surface area contributed by atoms with E-state index in [1.807, 2.05) is 0 Å². The van der Waals surface area contributed by atoms with Gasteiger partial charge in [-0.25, -0.2) is 8.42 Å². The van der Waals surface area contributed by atoms with E-state index >= 15 is 0 Å². The fourth-order valence-electron chi connectivity index (χ4n) is 4.47. The predicted octanol–water partition coefficient (Wildman–Crippen LogP) is -1.26. The summed E-state index contributed by atoms with van der Waals surface area (Å²) in [6, 6.07) is 2.63. The Labute approximate surface area is 185 Å². The molecule has 3 aliphatic heterocycles. The molecule has 1 aromatic rings. The van der Waals surface area contributed by atoms with Gasteiger partial charge in [0, 0.05) is 18.8 Å². The quantitative estimate of drug-likeness (QED) is 0.477. The van der Waals surface area contributed by atoms with E-state index in [0.717, 1.165) is 0 Å². The first kappa shape index (κ1) is 22.6. The smallest absolute Gasteiger partial charge is 0.253 e. The number of primary amides is 1. The third kappa shape index (κ3) is 4.10. The summed E-state index contributed by atoms with van der Waals surface area (Å²) >= 11 is 0. The largest absolute Gasteiger partial charge is 0.374 e. The van der Waals surface area contributed by atoms with Gasteiger partial charge in [0.15, 0.2) is 6.04 Å². The summed E-state index contributed by atoms with van der Waals surface area (Å²) in [5.41, 5.74) is 6.27. The fourth-order valence-corrected chi connectivity index (χ4v) is 5.96. The van der Waals surface area contributed by atoms with E-state index in [-0.39, 0.29) is 29.6 Å². The number of nitrogens with zero attached hydrogens (tertiary/aromatic N) is 2. The zero-order valence-corrected chi connectivity index (χ0v) is 18.5. The molecule has 0 spiro atoms. The van der Waals surface area contributed by atoms with Crippen LogP contribution in [0.4, 0.5) is 5.69 Å². The van der Waals surface area contributed by atoms with Crippen molar-refractivity contribution in [3.63, 3.8) is 0 Å².